The molecule has 0 amide bonds. The van der Waals surface area contributed by atoms with Gasteiger partial charge >= 0.3 is 5.97 Å². The fourth-order valence-corrected chi connectivity index (χ4v) is 1.04. The molecule has 0 radical (unpaired) electrons. The molecule has 0 aliphatic heterocycles. The van der Waals surface area contributed by atoms with Gasteiger partial charge in [0.15, 0.2) is 0 Å². The van der Waals surface area contributed by atoms with Crippen molar-refractivity contribution >= 4 is 5.97 Å². The van der Waals surface area contributed by atoms with Crippen molar-refractivity contribution in [2.45, 2.75) is 6.42 Å². The quantitative estimate of drug-likeness (QED) is 0.567. The number of rotatable bonds is 4. The summed E-state index contributed by atoms with van der Waals surface area (Å²) in [5.41, 5.74) is 6.09. The molecule has 0 aliphatic rings. The molecule has 1 aromatic carbocycles. The Morgan fingerprint density at radius 3 is 2.50 bits per heavy atom. The van der Waals surface area contributed by atoms with E-state index in [4.69, 9.17) is 10.5 Å². The van der Waals surface area contributed by atoms with Crippen LogP contribution in [0.1, 0.15) is 5.56 Å². The molecule has 4 nitrogen and oxygen atoms in total. The summed E-state index contributed by atoms with van der Waals surface area (Å²) < 4.78 is 9.60. The number of methoxy groups -OCH3 is 1. The van der Waals surface area contributed by atoms with Crippen LogP contribution in [0.15, 0.2) is 24.3 Å². The monoisotopic (exact) mass is 195 g/mol. The summed E-state index contributed by atoms with van der Waals surface area (Å²) in [5.74, 6) is 0.443. The van der Waals surface area contributed by atoms with Gasteiger partial charge in [-0.3, -0.25) is 10.5 Å². The lowest BCUT2D eigenvalue weighted by Crippen LogP contribution is -2.07. The van der Waals surface area contributed by atoms with Gasteiger partial charge < -0.3 is 9.47 Å². The van der Waals surface area contributed by atoms with Crippen LogP contribution in [-0.2, 0) is 16.0 Å². The second kappa shape index (κ2) is 5.24. The van der Waals surface area contributed by atoms with Crippen molar-refractivity contribution < 1.29 is 14.3 Å². The van der Waals surface area contributed by atoms with Gasteiger partial charge in [0.25, 0.3) is 0 Å². The molecule has 2 N–H and O–H groups in total. The third-order valence-electron chi connectivity index (χ3n) is 1.75. The van der Waals surface area contributed by atoms with Crippen LogP contribution in [-0.4, -0.2) is 19.8 Å². The van der Waals surface area contributed by atoms with Gasteiger partial charge in [0.1, 0.15) is 12.5 Å². The molecule has 0 fully saturated rings. The number of benzene rings is 1. The van der Waals surface area contributed by atoms with E-state index in [9.17, 15) is 4.79 Å². The van der Waals surface area contributed by atoms with Crippen LogP contribution < -0.4 is 10.5 Å². The molecule has 0 unspecified atom stereocenters. The number of hydrogen-bond donors (Lipinski definition) is 1. The van der Waals surface area contributed by atoms with Gasteiger partial charge in [0.05, 0.1) is 13.5 Å². The Bertz CT molecular complexity index is 295. The average Bonchev–Trinajstić information content (AvgIpc) is 2.21. The number of hydrogen-bond acceptors (Lipinski definition) is 4. The molecule has 0 saturated heterocycles. The van der Waals surface area contributed by atoms with Crippen molar-refractivity contribution in [2.75, 3.05) is 13.8 Å². The smallest absolute Gasteiger partial charge is 0.309 e. The molecule has 0 spiro atoms. The highest BCUT2D eigenvalue weighted by Crippen LogP contribution is 2.12. The fourth-order valence-electron chi connectivity index (χ4n) is 1.04. The van der Waals surface area contributed by atoms with E-state index in [1.54, 1.807) is 12.1 Å². The molecule has 0 saturated carbocycles. The topological polar surface area (TPSA) is 61.5 Å². The zero-order chi connectivity index (χ0) is 10.4. The zero-order valence-electron chi connectivity index (χ0n) is 8.03. The normalized spacial score (nSPS) is 9.57. The Kier molecular flexibility index (Phi) is 3.94. The maximum atomic E-state index is 10.9. The molecule has 0 aliphatic carbocycles. The summed E-state index contributed by atoms with van der Waals surface area (Å²) in [6.45, 7) is 0.149. The van der Waals surface area contributed by atoms with E-state index in [0.29, 0.717) is 5.75 Å². The lowest BCUT2D eigenvalue weighted by atomic mass is 10.1. The van der Waals surface area contributed by atoms with E-state index in [1.807, 2.05) is 12.1 Å². The highest BCUT2D eigenvalue weighted by atomic mass is 16.5. The van der Waals surface area contributed by atoms with Gasteiger partial charge in [0, 0.05) is 0 Å². The molecule has 14 heavy (non-hydrogen) atoms. The Labute approximate surface area is 82.6 Å². The van der Waals surface area contributed by atoms with E-state index in [1.165, 1.54) is 7.11 Å². The second-order valence-electron chi connectivity index (χ2n) is 2.71. The summed E-state index contributed by atoms with van der Waals surface area (Å²) in [6, 6.07) is 7.15. The highest BCUT2D eigenvalue weighted by Gasteiger charge is 2.02. The maximum Gasteiger partial charge on any atom is 0.309 e. The van der Waals surface area contributed by atoms with Gasteiger partial charge in [-0.2, -0.15) is 0 Å². The Morgan fingerprint density at radius 2 is 2.00 bits per heavy atom. The van der Waals surface area contributed by atoms with E-state index < -0.39 is 0 Å². The molecule has 76 valence electrons. The minimum Gasteiger partial charge on any atom is -0.479 e. The standard InChI is InChI=1S/C10H13NO3/c1-13-10(12)6-8-2-4-9(5-3-8)14-7-11/h2-5H,6-7,11H2,1H3. The zero-order valence-corrected chi connectivity index (χ0v) is 8.03. The lowest BCUT2D eigenvalue weighted by molar-refractivity contribution is -0.139. The van der Waals surface area contributed by atoms with Gasteiger partial charge in [-0.05, 0) is 17.7 Å². The van der Waals surface area contributed by atoms with Gasteiger partial charge in [-0.1, -0.05) is 12.1 Å². The number of esters is 1. The Hall–Kier alpha value is -1.55. The number of carbonyl (C=O) groups is 1. The summed E-state index contributed by atoms with van der Waals surface area (Å²) in [4.78, 5) is 10.9. The van der Waals surface area contributed by atoms with Crippen LogP contribution in [0, 0.1) is 0 Å². The molecule has 0 atom stereocenters. The summed E-state index contributed by atoms with van der Waals surface area (Å²) in [6.07, 6.45) is 0.277. The number of nitrogens with two attached hydrogens (primary N) is 1. The fraction of sp³-hybridized carbons (Fsp3) is 0.300. The van der Waals surface area contributed by atoms with Crippen molar-refractivity contribution in [1.29, 1.82) is 0 Å². The van der Waals surface area contributed by atoms with Crippen molar-refractivity contribution in [1.82, 2.24) is 0 Å². The Morgan fingerprint density at radius 1 is 1.36 bits per heavy atom. The molecule has 1 rings (SSSR count). The van der Waals surface area contributed by atoms with Crippen LogP contribution in [0.25, 0.3) is 0 Å². The third kappa shape index (κ3) is 3.06. The predicted molar refractivity (Wildman–Crippen MR) is 51.8 cm³/mol. The van der Waals surface area contributed by atoms with Crippen molar-refractivity contribution in [3.63, 3.8) is 0 Å². The second-order valence-corrected chi connectivity index (χ2v) is 2.71. The van der Waals surface area contributed by atoms with Gasteiger partial charge in [-0.15, -0.1) is 0 Å². The van der Waals surface area contributed by atoms with Crippen LogP contribution in [0.4, 0.5) is 0 Å². The minimum absolute atomic E-state index is 0.149. The highest BCUT2D eigenvalue weighted by molar-refractivity contribution is 5.72. The van der Waals surface area contributed by atoms with Crippen molar-refractivity contribution in [3.05, 3.63) is 29.8 Å². The van der Waals surface area contributed by atoms with E-state index >= 15 is 0 Å². The lowest BCUT2D eigenvalue weighted by Gasteiger charge is -2.03. The van der Waals surface area contributed by atoms with Crippen LogP contribution in [0.3, 0.4) is 0 Å². The first-order valence-electron chi connectivity index (χ1n) is 4.25. The summed E-state index contributed by atoms with van der Waals surface area (Å²) in [7, 11) is 1.37. The van der Waals surface area contributed by atoms with Crippen LogP contribution in [0.5, 0.6) is 5.75 Å². The predicted octanol–water partition coefficient (Wildman–Crippen LogP) is 0.697. The molecule has 0 bridgehead atoms. The van der Waals surface area contributed by atoms with E-state index in [2.05, 4.69) is 4.74 Å². The average molecular weight is 195 g/mol. The first kappa shape index (κ1) is 10.5. The molecule has 0 aromatic heterocycles. The van der Waals surface area contributed by atoms with Crippen molar-refractivity contribution in [3.8, 4) is 5.75 Å². The number of ether oxygens (including phenoxy) is 2. The van der Waals surface area contributed by atoms with Crippen molar-refractivity contribution in [2.24, 2.45) is 5.73 Å². The molecule has 0 heterocycles. The van der Waals surface area contributed by atoms with Crippen LogP contribution in [0.2, 0.25) is 0 Å². The third-order valence-corrected chi connectivity index (χ3v) is 1.75. The summed E-state index contributed by atoms with van der Waals surface area (Å²) >= 11 is 0. The number of carbonyl (C=O) groups excluding carboxylic acids is 1. The SMILES string of the molecule is COC(=O)Cc1ccc(OCN)cc1. The molecule has 1 aromatic rings. The van der Waals surface area contributed by atoms with E-state index in [-0.39, 0.29) is 19.1 Å². The van der Waals surface area contributed by atoms with Gasteiger partial charge in [0.2, 0.25) is 0 Å². The first-order valence-corrected chi connectivity index (χ1v) is 4.25. The van der Waals surface area contributed by atoms with E-state index in [0.717, 1.165) is 5.56 Å². The molecular weight excluding hydrogens is 182 g/mol. The molecular formula is C10H13NO3. The summed E-state index contributed by atoms with van der Waals surface area (Å²) in [5, 5.41) is 0. The van der Waals surface area contributed by atoms with Gasteiger partial charge in [-0.25, -0.2) is 0 Å². The molecule has 4 heteroatoms. The largest absolute Gasteiger partial charge is 0.479 e. The maximum absolute atomic E-state index is 10.9. The van der Waals surface area contributed by atoms with Crippen LogP contribution >= 0.6 is 0 Å². The first-order chi connectivity index (χ1) is 6.76. The Balaban J connectivity index is 2.59. The minimum atomic E-state index is -0.252.